The molecule has 0 spiro atoms. The predicted molar refractivity (Wildman–Crippen MR) is 68.8 cm³/mol. The van der Waals surface area contributed by atoms with Gasteiger partial charge in [-0.1, -0.05) is 36.0 Å². The Morgan fingerprint density at radius 2 is 1.73 bits per heavy atom. The molecule has 0 saturated carbocycles. The van der Waals surface area contributed by atoms with Crippen molar-refractivity contribution < 1.29 is 0 Å². The maximum atomic E-state index is 4.08. The van der Waals surface area contributed by atoms with E-state index in [-0.39, 0.29) is 0 Å². The molecule has 0 nitrogen and oxygen atoms in total. The molecular weight excluding hydrogens is 180 g/mol. The van der Waals surface area contributed by atoms with Crippen molar-refractivity contribution in [3.05, 3.63) is 58.2 Å². The van der Waals surface area contributed by atoms with Crippen LogP contribution in [0.15, 0.2) is 58.2 Å². The van der Waals surface area contributed by atoms with Crippen molar-refractivity contribution in [1.82, 2.24) is 0 Å². The zero-order valence-corrected chi connectivity index (χ0v) is 10.4. The number of rotatable bonds is 1. The average molecular weight is 200 g/mol. The van der Waals surface area contributed by atoms with Crippen LogP contribution < -0.4 is 0 Å². The van der Waals surface area contributed by atoms with Crippen molar-refractivity contribution in [1.29, 1.82) is 0 Å². The Morgan fingerprint density at radius 3 is 2.20 bits per heavy atom. The summed E-state index contributed by atoms with van der Waals surface area (Å²) in [5.41, 5.74) is 7.77. The van der Waals surface area contributed by atoms with Crippen LogP contribution in [0.5, 0.6) is 0 Å². The standard InChI is InChI=1S/C15H20/c1-10(2)14-12(5)8-7-9-13(6)15(14)11(3)4/h7-9H,1H2,2-6H3. The molecule has 0 aromatic heterocycles. The summed E-state index contributed by atoms with van der Waals surface area (Å²) in [5.74, 6) is 0. The first-order chi connectivity index (χ1) is 6.95. The van der Waals surface area contributed by atoms with Crippen LogP contribution in [0.25, 0.3) is 0 Å². The van der Waals surface area contributed by atoms with Gasteiger partial charge in [0.1, 0.15) is 0 Å². The minimum absolute atomic E-state index is 1.14. The summed E-state index contributed by atoms with van der Waals surface area (Å²) >= 11 is 0. The van der Waals surface area contributed by atoms with Gasteiger partial charge in [-0.15, -0.1) is 0 Å². The Labute approximate surface area is 93.4 Å². The third-order valence-corrected chi connectivity index (χ3v) is 2.66. The summed E-state index contributed by atoms with van der Waals surface area (Å²) in [6.45, 7) is 14.8. The first kappa shape index (κ1) is 11.8. The van der Waals surface area contributed by atoms with Gasteiger partial charge >= 0.3 is 0 Å². The van der Waals surface area contributed by atoms with E-state index in [9.17, 15) is 0 Å². The van der Waals surface area contributed by atoms with Gasteiger partial charge in [-0.25, -0.2) is 0 Å². The van der Waals surface area contributed by atoms with Crippen molar-refractivity contribution in [2.24, 2.45) is 0 Å². The molecule has 15 heavy (non-hydrogen) atoms. The van der Waals surface area contributed by atoms with E-state index in [2.05, 4.69) is 59.4 Å². The van der Waals surface area contributed by atoms with Gasteiger partial charge in [0, 0.05) is 0 Å². The highest BCUT2D eigenvalue weighted by atomic mass is 14.2. The highest BCUT2D eigenvalue weighted by Gasteiger charge is 2.13. The van der Waals surface area contributed by atoms with E-state index >= 15 is 0 Å². The van der Waals surface area contributed by atoms with Gasteiger partial charge in [-0.2, -0.15) is 0 Å². The predicted octanol–water partition coefficient (Wildman–Crippen LogP) is 4.73. The Balaban J connectivity index is 3.51. The number of allylic oxidation sites excluding steroid dienone is 9. The van der Waals surface area contributed by atoms with E-state index < -0.39 is 0 Å². The quantitative estimate of drug-likeness (QED) is 0.574. The first-order valence-electron chi connectivity index (χ1n) is 5.35. The Hall–Kier alpha value is -1.30. The number of hydrogen-bond acceptors (Lipinski definition) is 0. The molecule has 0 aromatic carbocycles. The topological polar surface area (TPSA) is 0 Å². The summed E-state index contributed by atoms with van der Waals surface area (Å²) < 4.78 is 0. The summed E-state index contributed by atoms with van der Waals surface area (Å²) in [6.07, 6.45) is 6.44. The van der Waals surface area contributed by atoms with E-state index in [1.807, 2.05) is 0 Å². The molecule has 0 aromatic rings. The van der Waals surface area contributed by atoms with Gasteiger partial charge in [0.05, 0.1) is 0 Å². The van der Waals surface area contributed by atoms with Crippen LogP contribution in [0, 0.1) is 0 Å². The zero-order chi connectivity index (χ0) is 11.6. The fourth-order valence-corrected chi connectivity index (χ4v) is 2.09. The summed E-state index contributed by atoms with van der Waals surface area (Å²) in [7, 11) is 0. The van der Waals surface area contributed by atoms with Gasteiger partial charge in [-0.3, -0.25) is 0 Å². The van der Waals surface area contributed by atoms with Crippen molar-refractivity contribution in [2.45, 2.75) is 34.6 Å². The SMILES string of the molecule is C=C(C)C1=C(C)C=CC=C(C)C1=C(C)C. The van der Waals surface area contributed by atoms with Crippen molar-refractivity contribution in [3.63, 3.8) is 0 Å². The molecule has 0 radical (unpaired) electrons. The van der Waals surface area contributed by atoms with Crippen LogP contribution in [0.4, 0.5) is 0 Å². The largest absolute Gasteiger partial charge is 0.0955 e. The average Bonchev–Trinajstić information content (AvgIpc) is 2.24. The maximum Gasteiger partial charge on any atom is -0.0129 e. The fraction of sp³-hybridized carbons (Fsp3) is 0.333. The second kappa shape index (κ2) is 4.48. The smallest absolute Gasteiger partial charge is 0.0129 e. The van der Waals surface area contributed by atoms with Crippen LogP contribution in [0.1, 0.15) is 34.6 Å². The highest BCUT2D eigenvalue weighted by molar-refractivity contribution is 5.61. The summed E-state index contributed by atoms with van der Waals surface area (Å²) in [5, 5.41) is 0. The molecule has 1 aliphatic carbocycles. The monoisotopic (exact) mass is 200 g/mol. The Kier molecular flexibility index (Phi) is 3.52. The third kappa shape index (κ3) is 2.38. The summed E-state index contributed by atoms with van der Waals surface area (Å²) in [6, 6.07) is 0. The Morgan fingerprint density at radius 1 is 1.13 bits per heavy atom. The summed E-state index contributed by atoms with van der Waals surface area (Å²) in [4.78, 5) is 0. The molecule has 0 saturated heterocycles. The molecule has 0 fully saturated rings. The molecule has 0 heteroatoms. The second-order valence-electron chi connectivity index (χ2n) is 4.42. The second-order valence-corrected chi connectivity index (χ2v) is 4.42. The lowest BCUT2D eigenvalue weighted by atomic mass is 9.89. The van der Waals surface area contributed by atoms with Crippen molar-refractivity contribution in [3.8, 4) is 0 Å². The van der Waals surface area contributed by atoms with E-state index in [0.717, 1.165) is 5.57 Å². The van der Waals surface area contributed by atoms with E-state index in [4.69, 9.17) is 0 Å². The highest BCUT2D eigenvalue weighted by Crippen LogP contribution is 2.32. The third-order valence-electron chi connectivity index (χ3n) is 2.66. The lowest BCUT2D eigenvalue weighted by molar-refractivity contribution is 1.20. The molecular formula is C15H20. The minimum Gasteiger partial charge on any atom is -0.0955 e. The minimum atomic E-state index is 1.14. The molecule has 1 aliphatic rings. The van der Waals surface area contributed by atoms with Gasteiger partial charge < -0.3 is 0 Å². The van der Waals surface area contributed by atoms with Crippen LogP contribution in [-0.2, 0) is 0 Å². The normalized spacial score (nSPS) is 16.3. The van der Waals surface area contributed by atoms with E-state index in [1.165, 1.54) is 27.9 Å². The molecule has 0 N–H and O–H groups in total. The van der Waals surface area contributed by atoms with Crippen molar-refractivity contribution >= 4 is 0 Å². The zero-order valence-electron chi connectivity index (χ0n) is 10.4. The molecule has 0 aliphatic heterocycles. The molecule has 0 amide bonds. The maximum absolute atomic E-state index is 4.08. The van der Waals surface area contributed by atoms with Crippen LogP contribution in [0.2, 0.25) is 0 Å². The van der Waals surface area contributed by atoms with Crippen LogP contribution in [-0.4, -0.2) is 0 Å². The van der Waals surface area contributed by atoms with Gasteiger partial charge in [0.25, 0.3) is 0 Å². The molecule has 0 heterocycles. The Bertz CT molecular complexity index is 405. The van der Waals surface area contributed by atoms with Crippen LogP contribution >= 0.6 is 0 Å². The lowest BCUT2D eigenvalue weighted by Gasteiger charge is -2.16. The molecule has 1 rings (SSSR count). The fourth-order valence-electron chi connectivity index (χ4n) is 2.09. The van der Waals surface area contributed by atoms with Gasteiger partial charge in [-0.05, 0) is 56.9 Å². The molecule has 0 bridgehead atoms. The van der Waals surface area contributed by atoms with Gasteiger partial charge in [0.15, 0.2) is 0 Å². The first-order valence-corrected chi connectivity index (χ1v) is 5.35. The lowest BCUT2D eigenvalue weighted by Crippen LogP contribution is -1.97. The molecule has 0 atom stereocenters. The van der Waals surface area contributed by atoms with E-state index in [0.29, 0.717) is 0 Å². The number of hydrogen-bond donors (Lipinski definition) is 0. The van der Waals surface area contributed by atoms with E-state index in [1.54, 1.807) is 0 Å². The van der Waals surface area contributed by atoms with Crippen molar-refractivity contribution in [2.75, 3.05) is 0 Å². The van der Waals surface area contributed by atoms with Crippen LogP contribution in [0.3, 0.4) is 0 Å². The molecule has 80 valence electrons. The van der Waals surface area contributed by atoms with Gasteiger partial charge in [0.2, 0.25) is 0 Å². The molecule has 0 unspecified atom stereocenters.